The van der Waals surface area contributed by atoms with Crippen LogP contribution in [0.5, 0.6) is 5.75 Å². The lowest BCUT2D eigenvalue weighted by Gasteiger charge is -2.39. The van der Waals surface area contributed by atoms with Crippen molar-refractivity contribution in [2.45, 2.75) is 5.54 Å². The Morgan fingerprint density at radius 1 is 0.769 bits per heavy atom. The van der Waals surface area contributed by atoms with Gasteiger partial charge in [0.15, 0.2) is 0 Å². The molecule has 0 N–H and O–H groups in total. The van der Waals surface area contributed by atoms with E-state index >= 15 is 0 Å². The Balaban J connectivity index is 1.94. The fraction of sp³-hybridized carbons (Fsp3) is 0.0870. The van der Waals surface area contributed by atoms with Gasteiger partial charge in [-0.25, -0.2) is 0 Å². The first kappa shape index (κ1) is 16.2. The number of hydrogen-bond donors (Lipinski definition) is 0. The van der Waals surface area contributed by atoms with E-state index in [1.54, 1.807) is 13.2 Å². The van der Waals surface area contributed by atoms with Gasteiger partial charge in [0.1, 0.15) is 11.3 Å². The molecule has 26 heavy (non-hydrogen) atoms. The van der Waals surface area contributed by atoms with Crippen LogP contribution < -0.4 is 9.64 Å². The third kappa shape index (κ3) is 2.49. The minimum absolute atomic E-state index is 0.0390. The number of rotatable bonds is 4. The van der Waals surface area contributed by atoms with E-state index in [0.29, 0.717) is 0 Å². The van der Waals surface area contributed by atoms with Crippen molar-refractivity contribution < 1.29 is 9.53 Å². The SMILES string of the molecule is COc1ccc(N2C(=O)C=CC2(c2ccccc2)c2ccccc2)cc1. The standard InChI is InChI=1S/C23H19NO2/c1-26-21-14-12-20(13-15-21)24-22(25)16-17-23(24,18-8-4-2-5-9-18)19-10-6-3-7-11-19/h2-17H,1H3. The van der Waals surface area contributed by atoms with Crippen LogP contribution in [0, 0.1) is 0 Å². The highest BCUT2D eigenvalue weighted by Gasteiger charge is 2.45. The number of benzene rings is 3. The van der Waals surface area contributed by atoms with E-state index in [2.05, 4.69) is 24.3 Å². The Morgan fingerprint density at radius 3 is 1.81 bits per heavy atom. The summed E-state index contributed by atoms with van der Waals surface area (Å²) in [5, 5.41) is 0. The zero-order valence-corrected chi connectivity index (χ0v) is 14.5. The van der Waals surface area contributed by atoms with Gasteiger partial charge in [0.2, 0.25) is 0 Å². The maximum absolute atomic E-state index is 12.9. The highest BCUT2D eigenvalue weighted by atomic mass is 16.5. The first-order valence-electron chi connectivity index (χ1n) is 8.54. The molecule has 3 aromatic rings. The molecule has 3 aromatic carbocycles. The van der Waals surface area contributed by atoms with Crippen molar-refractivity contribution in [1.82, 2.24) is 0 Å². The van der Waals surface area contributed by atoms with Crippen molar-refractivity contribution in [3.63, 3.8) is 0 Å². The molecule has 0 saturated heterocycles. The van der Waals surface area contributed by atoms with Crippen LogP contribution in [-0.2, 0) is 10.3 Å². The molecule has 1 aliphatic heterocycles. The van der Waals surface area contributed by atoms with Crippen LogP contribution >= 0.6 is 0 Å². The number of ether oxygens (including phenoxy) is 1. The van der Waals surface area contributed by atoms with Crippen molar-refractivity contribution in [3.8, 4) is 5.75 Å². The lowest BCUT2D eigenvalue weighted by Crippen LogP contribution is -2.45. The molecule has 0 aliphatic carbocycles. The third-order valence-electron chi connectivity index (χ3n) is 4.80. The molecule has 1 heterocycles. The summed E-state index contributed by atoms with van der Waals surface area (Å²) in [7, 11) is 1.63. The lowest BCUT2D eigenvalue weighted by atomic mass is 9.82. The second-order valence-electron chi connectivity index (χ2n) is 6.20. The minimum atomic E-state index is -0.672. The number of nitrogens with zero attached hydrogens (tertiary/aromatic N) is 1. The van der Waals surface area contributed by atoms with Crippen LogP contribution in [-0.4, -0.2) is 13.0 Å². The summed E-state index contributed by atoms with van der Waals surface area (Å²) < 4.78 is 5.26. The molecule has 3 nitrogen and oxygen atoms in total. The van der Waals surface area contributed by atoms with E-state index in [1.165, 1.54) is 0 Å². The molecule has 1 amide bonds. The second-order valence-corrected chi connectivity index (χ2v) is 6.20. The summed E-state index contributed by atoms with van der Waals surface area (Å²) >= 11 is 0. The van der Waals surface area contributed by atoms with Crippen LogP contribution in [0.2, 0.25) is 0 Å². The predicted octanol–water partition coefficient (Wildman–Crippen LogP) is 4.54. The first-order chi connectivity index (χ1) is 12.8. The molecular weight excluding hydrogens is 322 g/mol. The topological polar surface area (TPSA) is 29.5 Å². The van der Waals surface area contributed by atoms with Gasteiger partial charge in [0.25, 0.3) is 5.91 Å². The van der Waals surface area contributed by atoms with Crippen LogP contribution in [0.25, 0.3) is 0 Å². The Morgan fingerprint density at radius 2 is 1.31 bits per heavy atom. The molecule has 0 aromatic heterocycles. The maximum Gasteiger partial charge on any atom is 0.252 e. The van der Waals surface area contributed by atoms with Crippen molar-refractivity contribution >= 4 is 11.6 Å². The van der Waals surface area contributed by atoms with Gasteiger partial charge in [-0.3, -0.25) is 9.69 Å². The van der Waals surface area contributed by atoms with E-state index in [9.17, 15) is 4.79 Å². The van der Waals surface area contributed by atoms with Crippen molar-refractivity contribution in [1.29, 1.82) is 0 Å². The monoisotopic (exact) mass is 341 g/mol. The molecule has 0 atom stereocenters. The number of amides is 1. The van der Waals surface area contributed by atoms with Crippen molar-refractivity contribution in [3.05, 3.63) is 108 Å². The number of hydrogen-bond acceptors (Lipinski definition) is 2. The molecular formula is C23H19NO2. The molecule has 0 spiro atoms. The van der Waals surface area contributed by atoms with E-state index < -0.39 is 5.54 Å². The molecule has 3 heteroatoms. The molecule has 0 unspecified atom stereocenters. The van der Waals surface area contributed by atoms with Gasteiger partial charge in [-0.1, -0.05) is 60.7 Å². The van der Waals surface area contributed by atoms with Crippen LogP contribution in [0.15, 0.2) is 97.1 Å². The van der Waals surface area contributed by atoms with Crippen molar-refractivity contribution in [2.24, 2.45) is 0 Å². The first-order valence-corrected chi connectivity index (χ1v) is 8.54. The van der Waals surface area contributed by atoms with E-state index in [1.807, 2.05) is 71.6 Å². The highest BCUT2D eigenvalue weighted by molar-refractivity contribution is 6.07. The summed E-state index contributed by atoms with van der Waals surface area (Å²) in [5.74, 6) is 0.723. The second kappa shape index (κ2) is 6.52. The highest BCUT2D eigenvalue weighted by Crippen LogP contribution is 2.44. The summed E-state index contributed by atoms with van der Waals surface area (Å²) in [6, 6.07) is 27.8. The number of anilines is 1. The molecule has 0 fully saturated rings. The fourth-order valence-electron chi connectivity index (χ4n) is 3.58. The van der Waals surface area contributed by atoms with Crippen molar-refractivity contribution in [2.75, 3.05) is 12.0 Å². The van der Waals surface area contributed by atoms with Gasteiger partial charge in [-0.15, -0.1) is 0 Å². The minimum Gasteiger partial charge on any atom is -0.497 e. The number of methoxy groups -OCH3 is 1. The Kier molecular flexibility index (Phi) is 4.05. The summed E-state index contributed by atoms with van der Waals surface area (Å²) in [6.45, 7) is 0. The predicted molar refractivity (Wildman–Crippen MR) is 103 cm³/mol. The number of carbonyl (C=O) groups excluding carboxylic acids is 1. The van der Waals surface area contributed by atoms with Gasteiger partial charge >= 0.3 is 0 Å². The van der Waals surface area contributed by atoms with Gasteiger partial charge in [-0.05, 0) is 41.5 Å². The lowest BCUT2D eigenvalue weighted by molar-refractivity contribution is -0.114. The van der Waals surface area contributed by atoms with Crippen LogP contribution in [0.1, 0.15) is 11.1 Å². The molecule has 1 aliphatic rings. The average molecular weight is 341 g/mol. The zero-order chi connectivity index (χ0) is 18.0. The van der Waals surface area contributed by atoms with Gasteiger partial charge in [0, 0.05) is 11.8 Å². The molecule has 0 radical (unpaired) electrons. The van der Waals surface area contributed by atoms with Gasteiger partial charge < -0.3 is 4.74 Å². The van der Waals surface area contributed by atoms with Gasteiger partial charge in [0.05, 0.1) is 7.11 Å². The fourth-order valence-corrected chi connectivity index (χ4v) is 3.58. The smallest absolute Gasteiger partial charge is 0.252 e. The van der Waals surface area contributed by atoms with E-state index in [-0.39, 0.29) is 5.91 Å². The normalized spacial score (nSPS) is 15.3. The average Bonchev–Trinajstić information content (AvgIpc) is 3.07. The number of carbonyl (C=O) groups is 1. The van der Waals surface area contributed by atoms with Crippen LogP contribution in [0.3, 0.4) is 0 Å². The molecule has 128 valence electrons. The molecule has 0 bridgehead atoms. The van der Waals surface area contributed by atoms with Crippen LogP contribution in [0.4, 0.5) is 5.69 Å². The van der Waals surface area contributed by atoms with Gasteiger partial charge in [-0.2, -0.15) is 0 Å². The van der Waals surface area contributed by atoms with E-state index in [4.69, 9.17) is 4.74 Å². The Hall–Kier alpha value is -3.33. The third-order valence-corrected chi connectivity index (χ3v) is 4.80. The van der Waals surface area contributed by atoms with E-state index in [0.717, 1.165) is 22.6 Å². The quantitative estimate of drug-likeness (QED) is 0.697. The summed E-state index contributed by atoms with van der Waals surface area (Å²) in [6.07, 6.45) is 3.65. The maximum atomic E-state index is 12.9. The Labute approximate surface area is 153 Å². The summed E-state index contributed by atoms with van der Waals surface area (Å²) in [4.78, 5) is 14.7. The summed E-state index contributed by atoms with van der Waals surface area (Å²) in [5.41, 5.74) is 2.25. The molecule has 0 saturated carbocycles. The molecule has 4 rings (SSSR count). The Bertz CT molecular complexity index is 891. The largest absolute Gasteiger partial charge is 0.497 e. The zero-order valence-electron chi connectivity index (χ0n) is 14.5.